The van der Waals surface area contributed by atoms with Crippen LogP contribution >= 0.6 is 9.39 Å². The van der Waals surface area contributed by atoms with E-state index >= 15 is 0 Å². The minimum absolute atomic E-state index is 0.0124. The van der Waals surface area contributed by atoms with Gasteiger partial charge in [0.15, 0.2) is 0 Å². The topological polar surface area (TPSA) is 59.6 Å². The second-order valence-electron chi connectivity index (χ2n) is 11.3. The van der Waals surface area contributed by atoms with Crippen molar-refractivity contribution in [2.75, 3.05) is 0 Å². The van der Waals surface area contributed by atoms with Crippen LogP contribution in [0, 0.1) is 23.2 Å². The molecule has 1 saturated heterocycles. The van der Waals surface area contributed by atoms with E-state index in [2.05, 4.69) is 66.5 Å². The van der Waals surface area contributed by atoms with Gasteiger partial charge in [-0.15, -0.1) is 0 Å². The van der Waals surface area contributed by atoms with Gasteiger partial charge in [-0.1, -0.05) is 67.4 Å². The fourth-order valence-electron chi connectivity index (χ4n) is 6.35. The molecule has 4 fully saturated rings. The second kappa shape index (κ2) is 9.37. The van der Waals surface area contributed by atoms with Gasteiger partial charge >= 0.3 is 7.12 Å². The summed E-state index contributed by atoms with van der Waals surface area (Å²) >= 11 is 0. The molecule has 2 N–H and O–H groups in total. The number of nitrogens with one attached hydrogen (secondary N) is 2. The van der Waals surface area contributed by atoms with Crippen molar-refractivity contribution < 1.29 is 14.1 Å². The molecule has 1 unspecified atom stereocenters. The summed E-state index contributed by atoms with van der Waals surface area (Å²) in [5.74, 6) is 1.53. The highest BCUT2D eigenvalue weighted by molar-refractivity contribution is 7.13. The number of rotatable bonds is 9. The molecule has 3 aliphatic carbocycles. The maximum Gasteiger partial charge on any atom is 0.481 e. The third kappa shape index (κ3) is 4.53. The van der Waals surface area contributed by atoms with E-state index in [9.17, 15) is 4.79 Å². The Morgan fingerprint density at radius 2 is 1.94 bits per heavy atom. The maximum absolute atomic E-state index is 13.2. The van der Waals surface area contributed by atoms with E-state index < -0.39 is 0 Å². The van der Waals surface area contributed by atoms with Gasteiger partial charge in [0.05, 0.1) is 23.7 Å². The fourth-order valence-corrected chi connectivity index (χ4v) is 6.66. The summed E-state index contributed by atoms with van der Waals surface area (Å²) in [7, 11) is 2.13. The molecule has 1 amide bonds. The number of hydrogen-bond donors (Lipinski definition) is 2. The van der Waals surface area contributed by atoms with Crippen molar-refractivity contribution >= 4 is 22.4 Å². The number of carbonyl (C=O) groups is 1. The Kier molecular flexibility index (Phi) is 7.08. The Labute approximate surface area is 196 Å². The molecule has 0 aromatic heterocycles. The number of aryl methyl sites for hydroxylation is 1. The first-order chi connectivity index (χ1) is 15.1. The highest BCUT2D eigenvalue weighted by atomic mass is 31.0. The Morgan fingerprint density at radius 1 is 1.22 bits per heavy atom. The second-order valence-corrected chi connectivity index (χ2v) is 11.7. The molecule has 2 bridgehead atoms. The molecule has 5 rings (SSSR count). The largest absolute Gasteiger partial charge is 0.481 e. The van der Waals surface area contributed by atoms with E-state index in [-0.39, 0.29) is 36.7 Å². The van der Waals surface area contributed by atoms with Crippen LogP contribution in [0.15, 0.2) is 30.3 Å². The summed E-state index contributed by atoms with van der Waals surface area (Å²) in [5.41, 5.74) is 1.30. The highest BCUT2D eigenvalue weighted by Gasteiger charge is 2.68. The molecule has 0 radical (unpaired) electrons. The number of hydrogen-bond acceptors (Lipinski definition) is 4. The average Bonchev–Trinajstić information content (AvgIpc) is 3.11. The standard InChI is InChI=1S/C25H40BN2O3P/c1-16(2)13-22(27-23(29)19(28-32)12-11-17-9-7-6-8-10-17)26-30-21-15-18-14-20(24(18,3)4)25(21,5)31-26/h6-10,16,18-22,28H,11-15,32H2,1-5H3,(H,27,29)/t18-,19-,20-,21+,22-,25-/m0/s1. The average molecular weight is 458 g/mol. The maximum atomic E-state index is 13.2. The first-order valence-corrected chi connectivity index (χ1v) is 12.9. The monoisotopic (exact) mass is 458 g/mol. The first kappa shape index (κ1) is 24.2. The fraction of sp³-hybridized carbons (Fsp3) is 0.720. The minimum atomic E-state index is -0.384. The Morgan fingerprint density at radius 3 is 2.56 bits per heavy atom. The third-order valence-corrected chi connectivity index (χ3v) is 8.83. The van der Waals surface area contributed by atoms with Crippen molar-refractivity contribution in [3.63, 3.8) is 0 Å². The van der Waals surface area contributed by atoms with Crippen molar-refractivity contribution in [3.05, 3.63) is 35.9 Å². The van der Waals surface area contributed by atoms with Crippen LogP contribution in [0.3, 0.4) is 0 Å². The smallest absolute Gasteiger partial charge is 0.404 e. The molecular weight excluding hydrogens is 418 g/mol. The van der Waals surface area contributed by atoms with Gasteiger partial charge in [0, 0.05) is 0 Å². The van der Waals surface area contributed by atoms with Crippen LogP contribution in [0.4, 0.5) is 0 Å². The predicted molar refractivity (Wildman–Crippen MR) is 133 cm³/mol. The van der Waals surface area contributed by atoms with E-state index in [1.807, 2.05) is 18.2 Å². The Bertz CT molecular complexity index is 808. The molecule has 5 nitrogen and oxygen atoms in total. The van der Waals surface area contributed by atoms with Crippen molar-refractivity contribution in [1.29, 1.82) is 0 Å². The number of carbonyl (C=O) groups excluding carboxylic acids is 1. The van der Waals surface area contributed by atoms with Crippen LogP contribution in [0.5, 0.6) is 0 Å². The lowest BCUT2D eigenvalue weighted by Crippen LogP contribution is -2.65. The van der Waals surface area contributed by atoms with Gasteiger partial charge in [0.1, 0.15) is 0 Å². The van der Waals surface area contributed by atoms with E-state index in [0.717, 1.165) is 31.6 Å². The van der Waals surface area contributed by atoms with Gasteiger partial charge in [0.2, 0.25) is 5.91 Å². The molecule has 1 aromatic carbocycles. The van der Waals surface area contributed by atoms with E-state index in [1.54, 1.807) is 0 Å². The summed E-state index contributed by atoms with van der Waals surface area (Å²) in [6.07, 6.45) is 4.84. The van der Waals surface area contributed by atoms with Gasteiger partial charge < -0.3 is 14.6 Å². The molecule has 7 heteroatoms. The predicted octanol–water partition coefficient (Wildman–Crippen LogP) is 4.17. The van der Waals surface area contributed by atoms with Crippen LogP contribution in [0.2, 0.25) is 0 Å². The van der Waals surface area contributed by atoms with E-state index in [1.165, 1.54) is 12.0 Å². The molecule has 4 aliphatic rings. The summed E-state index contributed by atoms with van der Waals surface area (Å²) in [4.78, 5) is 13.2. The van der Waals surface area contributed by atoms with Gasteiger partial charge in [-0.2, -0.15) is 0 Å². The molecule has 7 atom stereocenters. The van der Waals surface area contributed by atoms with E-state index in [4.69, 9.17) is 9.31 Å². The van der Waals surface area contributed by atoms with Crippen LogP contribution in [0.25, 0.3) is 0 Å². The zero-order chi connectivity index (χ0) is 23.1. The first-order valence-electron chi connectivity index (χ1n) is 12.3. The van der Waals surface area contributed by atoms with Crippen LogP contribution in [0.1, 0.15) is 65.9 Å². The molecular formula is C25H40BN2O3P. The lowest BCUT2D eigenvalue weighted by molar-refractivity contribution is -0.199. The molecule has 3 saturated carbocycles. The SMILES string of the molecule is CC(C)C[C@H](NC(=O)[C@H](CCc1ccccc1)NP)B1O[C@@H]2C[C@@H]3C[C@@H](C3(C)C)[C@]2(C)O1. The summed E-state index contributed by atoms with van der Waals surface area (Å²) in [6.45, 7) is 11.4. The van der Waals surface area contributed by atoms with Gasteiger partial charge in [0.25, 0.3) is 0 Å². The van der Waals surface area contributed by atoms with Crippen molar-refractivity contribution in [2.24, 2.45) is 23.2 Å². The molecule has 176 valence electrons. The lowest BCUT2D eigenvalue weighted by atomic mass is 9.43. The minimum Gasteiger partial charge on any atom is -0.404 e. The zero-order valence-electron chi connectivity index (χ0n) is 20.3. The Balaban J connectivity index is 1.41. The summed E-state index contributed by atoms with van der Waals surface area (Å²) < 4.78 is 13.2. The van der Waals surface area contributed by atoms with Crippen LogP contribution < -0.4 is 10.4 Å². The van der Waals surface area contributed by atoms with Crippen molar-refractivity contribution in [1.82, 2.24) is 10.4 Å². The lowest BCUT2D eigenvalue weighted by Gasteiger charge is -2.64. The molecule has 1 heterocycles. The number of benzene rings is 1. The van der Waals surface area contributed by atoms with Crippen LogP contribution in [-0.4, -0.2) is 36.7 Å². The van der Waals surface area contributed by atoms with Crippen molar-refractivity contribution in [2.45, 2.75) is 90.4 Å². The van der Waals surface area contributed by atoms with E-state index in [0.29, 0.717) is 17.3 Å². The van der Waals surface area contributed by atoms with Crippen molar-refractivity contribution in [3.8, 4) is 0 Å². The summed E-state index contributed by atoms with van der Waals surface area (Å²) in [5, 5.41) is 6.42. The van der Waals surface area contributed by atoms with Gasteiger partial charge in [-0.05, 0) is 67.8 Å². The highest BCUT2D eigenvalue weighted by Crippen LogP contribution is 2.65. The normalized spacial score (nSPS) is 32.2. The molecule has 1 aliphatic heterocycles. The number of amides is 1. The van der Waals surface area contributed by atoms with Crippen LogP contribution in [-0.2, 0) is 20.5 Å². The van der Waals surface area contributed by atoms with Gasteiger partial charge in [-0.25, -0.2) is 0 Å². The molecule has 0 spiro atoms. The molecule has 32 heavy (non-hydrogen) atoms. The third-order valence-electron chi connectivity index (χ3n) is 8.43. The quantitative estimate of drug-likeness (QED) is 0.431. The summed E-state index contributed by atoms with van der Waals surface area (Å²) in [6, 6.07) is 10.0. The zero-order valence-corrected chi connectivity index (χ0v) is 21.4. The van der Waals surface area contributed by atoms with Gasteiger partial charge in [-0.3, -0.25) is 9.88 Å². The Hall–Kier alpha value is -0.935. The molecule has 1 aromatic rings.